The summed E-state index contributed by atoms with van der Waals surface area (Å²) in [6.07, 6.45) is -15.6. The molecule has 0 aromatic carbocycles. The fourth-order valence-corrected chi connectivity index (χ4v) is 3.33. The third-order valence-corrected chi connectivity index (χ3v) is 4.98. The highest BCUT2D eigenvalue weighted by atomic mass is 16.7. The monoisotopic (exact) mass is 428 g/mol. The van der Waals surface area contributed by atoms with Crippen molar-refractivity contribution in [1.82, 2.24) is 0 Å². The van der Waals surface area contributed by atoms with Crippen molar-refractivity contribution in [2.75, 3.05) is 13.2 Å². The van der Waals surface area contributed by atoms with Crippen LogP contribution in [-0.4, -0.2) is 128 Å². The standard InChI is InChI=1S/C17H32O12/c1-6(19)3-7(2)27-17-15(25)13(23)11(21)9(29-17)5-26-16-14(24)12(22)10(20)8(4-18)28-16/h6-25H,3-5H2,1-2H3. The van der Waals surface area contributed by atoms with Crippen LogP contribution >= 0.6 is 0 Å². The van der Waals surface area contributed by atoms with E-state index in [9.17, 15) is 40.9 Å². The molecule has 8 N–H and O–H groups in total. The Labute approximate surface area is 167 Å². The first-order valence-corrected chi connectivity index (χ1v) is 9.52. The Bertz CT molecular complexity index is 491. The summed E-state index contributed by atoms with van der Waals surface area (Å²) in [5.74, 6) is 0. The summed E-state index contributed by atoms with van der Waals surface area (Å²) >= 11 is 0. The number of hydrogen-bond acceptors (Lipinski definition) is 12. The van der Waals surface area contributed by atoms with E-state index in [1.165, 1.54) is 0 Å². The van der Waals surface area contributed by atoms with Crippen LogP contribution in [0.4, 0.5) is 0 Å². The normalized spacial score (nSPS) is 45.7. The van der Waals surface area contributed by atoms with Crippen LogP contribution in [0.5, 0.6) is 0 Å². The summed E-state index contributed by atoms with van der Waals surface area (Å²) in [6, 6.07) is 0. The van der Waals surface area contributed by atoms with E-state index in [4.69, 9.17) is 18.9 Å². The molecule has 2 aliphatic rings. The molecule has 12 unspecified atom stereocenters. The Balaban J connectivity index is 1.97. The maximum Gasteiger partial charge on any atom is 0.186 e. The molecule has 0 saturated carbocycles. The highest BCUT2D eigenvalue weighted by Gasteiger charge is 2.47. The molecule has 29 heavy (non-hydrogen) atoms. The van der Waals surface area contributed by atoms with Crippen LogP contribution in [0.1, 0.15) is 20.3 Å². The van der Waals surface area contributed by atoms with E-state index >= 15 is 0 Å². The lowest BCUT2D eigenvalue weighted by Gasteiger charge is -2.43. The van der Waals surface area contributed by atoms with E-state index in [1.807, 2.05) is 0 Å². The first-order valence-electron chi connectivity index (χ1n) is 9.52. The van der Waals surface area contributed by atoms with Crippen molar-refractivity contribution in [2.45, 2.75) is 93.9 Å². The molecule has 12 nitrogen and oxygen atoms in total. The molecule has 0 bridgehead atoms. The molecule has 0 radical (unpaired) electrons. The second kappa shape index (κ2) is 10.7. The Hall–Kier alpha value is -0.480. The minimum Gasteiger partial charge on any atom is -0.394 e. The number of aliphatic hydroxyl groups is 8. The predicted molar refractivity (Wildman–Crippen MR) is 93.2 cm³/mol. The predicted octanol–water partition coefficient (Wildman–Crippen LogP) is -4.21. The minimum atomic E-state index is -1.64. The average Bonchev–Trinajstić information content (AvgIpc) is 2.66. The van der Waals surface area contributed by atoms with Crippen LogP contribution in [0.3, 0.4) is 0 Å². The Morgan fingerprint density at radius 2 is 1.28 bits per heavy atom. The lowest BCUT2D eigenvalue weighted by atomic mass is 9.98. The van der Waals surface area contributed by atoms with Gasteiger partial charge in [0, 0.05) is 0 Å². The zero-order valence-electron chi connectivity index (χ0n) is 16.3. The molecule has 0 aromatic heterocycles. The lowest BCUT2D eigenvalue weighted by Crippen LogP contribution is -2.62. The maximum absolute atomic E-state index is 10.1. The SMILES string of the molecule is CC(O)CC(C)OC1OC(COC2OC(CO)C(O)C(O)C2O)C(O)C(O)C1O. The topological polar surface area (TPSA) is 199 Å². The molecule has 0 amide bonds. The van der Waals surface area contributed by atoms with Gasteiger partial charge in [-0.25, -0.2) is 0 Å². The highest BCUT2D eigenvalue weighted by Crippen LogP contribution is 2.26. The van der Waals surface area contributed by atoms with Gasteiger partial charge in [0.05, 0.1) is 25.4 Å². The van der Waals surface area contributed by atoms with Gasteiger partial charge in [-0.1, -0.05) is 0 Å². The first-order chi connectivity index (χ1) is 13.6. The van der Waals surface area contributed by atoms with Crippen molar-refractivity contribution in [3.05, 3.63) is 0 Å². The van der Waals surface area contributed by atoms with Gasteiger partial charge in [-0.3, -0.25) is 0 Å². The van der Waals surface area contributed by atoms with E-state index in [0.29, 0.717) is 0 Å². The van der Waals surface area contributed by atoms with Crippen molar-refractivity contribution < 1.29 is 59.8 Å². The second-order valence-corrected chi connectivity index (χ2v) is 7.58. The van der Waals surface area contributed by atoms with Crippen molar-refractivity contribution in [2.24, 2.45) is 0 Å². The number of ether oxygens (including phenoxy) is 4. The number of hydrogen-bond donors (Lipinski definition) is 8. The van der Waals surface area contributed by atoms with Crippen molar-refractivity contribution in [3.63, 3.8) is 0 Å². The van der Waals surface area contributed by atoms with Crippen LogP contribution < -0.4 is 0 Å². The minimum absolute atomic E-state index is 0.247. The van der Waals surface area contributed by atoms with Crippen LogP contribution in [0.2, 0.25) is 0 Å². The third-order valence-electron chi connectivity index (χ3n) is 4.98. The molecule has 0 spiro atoms. The smallest absolute Gasteiger partial charge is 0.186 e. The zero-order chi connectivity index (χ0) is 21.9. The molecular weight excluding hydrogens is 396 g/mol. The van der Waals surface area contributed by atoms with Gasteiger partial charge in [0.1, 0.15) is 48.8 Å². The maximum atomic E-state index is 10.1. The second-order valence-electron chi connectivity index (χ2n) is 7.58. The van der Waals surface area contributed by atoms with Crippen molar-refractivity contribution >= 4 is 0 Å². The molecule has 2 rings (SSSR count). The number of aliphatic hydroxyl groups excluding tert-OH is 8. The molecule has 172 valence electrons. The van der Waals surface area contributed by atoms with Gasteiger partial charge in [-0.15, -0.1) is 0 Å². The van der Waals surface area contributed by atoms with Crippen LogP contribution in [0, 0.1) is 0 Å². The van der Waals surface area contributed by atoms with Crippen LogP contribution in [-0.2, 0) is 18.9 Å². The molecule has 2 aliphatic heterocycles. The van der Waals surface area contributed by atoms with Gasteiger partial charge in [-0.2, -0.15) is 0 Å². The summed E-state index contributed by atoms with van der Waals surface area (Å²) in [7, 11) is 0. The molecule has 2 saturated heterocycles. The van der Waals surface area contributed by atoms with E-state index in [2.05, 4.69) is 0 Å². The summed E-state index contributed by atoms with van der Waals surface area (Å²) in [6.45, 7) is 2.14. The Kier molecular flexibility index (Phi) is 9.15. The average molecular weight is 428 g/mol. The molecule has 12 atom stereocenters. The first kappa shape index (κ1) is 24.8. The molecular formula is C17H32O12. The van der Waals surface area contributed by atoms with E-state index in [0.717, 1.165) is 0 Å². The van der Waals surface area contributed by atoms with Gasteiger partial charge in [-0.05, 0) is 20.3 Å². The molecule has 2 fully saturated rings. The Morgan fingerprint density at radius 1 is 0.759 bits per heavy atom. The van der Waals surface area contributed by atoms with Gasteiger partial charge in [0.15, 0.2) is 12.6 Å². The summed E-state index contributed by atoms with van der Waals surface area (Å²) in [5, 5.41) is 78.4. The molecule has 12 heteroatoms. The summed E-state index contributed by atoms with van der Waals surface area (Å²) in [4.78, 5) is 0. The number of rotatable bonds is 8. The Morgan fingerprint density at radius 3 is 1.83 bits per heavy atom. The highest BCUT2D eigenvalue weighted by molar-refractivity contribution is 4.91. The molecule has 2 heterocycles. The fraction of sp³-hybridized carbons (Fsp3) is 1.00. The molecule has 0 aromatic rings. The van der Waals surface area contributed by atoms with E-state index in [1.54, 1.807) is 13.8 Å². The molecule has 0 aliphatic carbocycles. The van der Waals surface area contributed by atoms with E-state index in [-0.39, 0.29) is 6.42 Å². The van der Waals surface area contributed by atoms with Gasteiger partial charge in [0.25, 0.3) is 0 Å². The van der Waals surface area contributed by atoms with Crippen LogP contribution in [0.25, 0.3) is 0 Å². The lowest BCUT2D eigenvalue weighted by molar-refractivity contribution is -0.335. The van der Waals surface area contributed by atoms with Crippen molar-refractivity contribution in [1.29, 1.82) is 0 Å². The van der Waals surface area contributed by atoms with Gasteiger partial charge < -0.3 is 59.8 Å². The summed E-state index contributed by atoms with van der Waals surface area (Å²) in [5.41, 5.74) is 0. The van der Waals surface area contributed by atoms with Crippen molar-refractivity contribution in [3.8, 4) is 0 Å². The van der Waals surface area contributed by atoms with Crippen LogP contribution in [0.15, 0.2) is 0 Å². The largest absolute Gasteiger partial charge is 0.394 e. The fourth-order valence-electron chi connectivity index (χ4n) is 3.33. The third kappa shape index (κ3) is 6.03. The van der Waals surface area contributed by atoms with Gasteiger partial charge in [0.2, 0.25) is 0 Å². The van der Waals surface area contributed by atoms with E-state index < -0.39 is 86.8 Å². The zero-order valence-corrected chi connectivity index (χ0v) is 16.3. The quantitative estimate of drug-likeness (QED) is 0.186. The van der Waals surface area contributed by atoms with Gasteiger partial charge >= 0.3 is 0 Å². The summed E-state index contributed by atoms with van der Waals surface area (Å²) < 4.78 is 21.5.